The summed E-state index contributed by atoms with van der Waals surface area (Å²) in [5.74, 6) is 4.47. The molecule has 28 heavy (non-hydrogen) atoms. The Hall–Kier alpha value is -1.67. The number of aldehydes is 1. The predicted molar refractivity (Wildman–Crippen MR) is 117 cm³/mol. The topological polar surface area (TPSA) is 37.3 Å². The summed E-state index contributed by atoms with van der Waals surface area (Å²) in [6.07, 6.45) is 25.2. The van der Waals surface area contributed by atoms with E-state index >= 15 is 0 Å². The minimum atomic E-state index is 0.212. The lowest BCUT2D eigenvalue weighted by atomic mass is 9.83. The second-order valence-electron chi connectivity index (χ2n) is 8.86. The van der Waals surface area contributed by atoms with Gasteiger partial charge in [-0.25, -0.2) is 0 Å². The van der Waals surface area contributed by atoms with Crippen LogP contribution < -0.4 is 0 Å². The molecule has 0 spiro atoms. The Morgan fingerprint density at radius 3 is 2.57 bits per heavy atom. The van der Waals surface area contributed by atoms with Crippen molar-refractivity contribution in [1.82, 2.24) is 0 Å². The minimum Gasteiger partial charge on any atom is -0.396 e. The first kappa shape index (κ1) is 21.0. The van der Waals surface area contributed by atoms with Gasteiger partial charge in [0, 0.05) is 13.0 Å². The van der Waals surface area contributed by atoms with Gasteiger partial charge in [0.05, 0.1) is 0 Å². The van der Waals surface area contributed by atoms with Gasteiger partial charge < -0.3 is 9.90 Å². The molecule has 2 heteroatoms. The van der Waals surface area contributed by atoms with Crippen molar-refractivity contribution in [2.24, 2.45) is 47.3 Å². The number of carbonyl (C=O) groups is 1. The van der Waals surface area contributed by atoms with Crippen molar-refractivity contribution in [3.05, 3.63) is 61.8 Å². The first-order valence-electron chi connectivity index (χ1n) is 11.0. The summed E-state index contributed by atoms with van der Waals surface area (Å²) in [6.45, 7) is 8.32. The summed E-state index contributed by atoms with van der Waals surface area (Å²) in [7, 11) is 0. The number of allylic oxidation sites excluding steroid dienone is 7. The molecule has 0 saturated heterocycles. The average molecular weight is 381 g/mol. The van der Waals surface area contributed by atoms with Gasteiger partial charge in [0.25, 0.3) is 0 Å². The van der Waals surface area contributed by atoms with Gasteiger partial charge in [0.2, 0.25) is 0 Å². The van der Waals surface area contributed by atoms with Crippen LogP contribution in [0.5, 0.6) is 0 Å². The maximum atomic E-state index is 11.1. The van der Waals surface area contributed by atoms with Gasteiger partial charge in [0.15, 0.2) is 0 Å². The normalized spacial score (nSPS) is 39.8. The first-order chi connectivity index (χ1) is 13.7. The van der Waals surface area contributed by atoms with E-state index in [1.165, 1.54) is 0 Å². The molecule has 0 radical (unpaired) electrons. The molecule has 0 bridgehead atoms. The van der Waals surface area contributed by atoms with Crippen LogP contribution in [0, 0.1) is 47.3 Å². The van der Waals surface area contributed by atoms with Gasteiger partial charge in [-0.1, -0.05) is 48.6 Å². The van der Waals surface area contributed by atoms with E-state index in [1.54, 1.807) is 0 Å². The van der Waals surface area contributed by atoms with E-state index in [2.05, 4.69) is 55.7 Å². The Bertz CT molecular complexity index is 628. The van der Waals surface area contributed by atoms with Crippen molar-refractivity contribution in [3.63, 3.8) is 0 Å². The summed E-state index contributed by atoms with van der Waals surface area (Å²) in [6, 6.07) is 0. The van der Waals surface area contributed by atoms with E-state index in [0.717, 1.165) is 38.4 Å². The molecule has 0 aliphatic heterocycles. The van der Waals surface area contributed by atoms with Crippen molar-refractivity contribution in [1.29, 1.82) is 0 Å². The molecule has 1 N–H and O–H groups in total. The van der Waals surface area contributed by atoms with Crippen LogP contribution in [-0.4, -0.2) is 18.0 Å². The monoisotopic (exact) mass is 380 g/mol. The molecule has 0 aromatic carbocycles. The molecule has 152 valence electrons. The molecule has 3 aliphatic carbocycles. The van der Waals surface area contributed by atoms with E-state index in [-0.39, 0.29) is 6.61 Å². The van der Waals surface area contributed by atoms with Gasteiger partial charge >= 0.3 is 0 Å². The third-order valence-electron chi connectivity index (χ3n) is 7.41. The Labute approximate surface area is 170 Å². The van der Waals surface area contributed by atoms with Gasteiger partial charge in [-0.3, -0.25) is 0 Å². The highest BCUT2D eigenvalue weighted by molar-refractivity contribution is 5.50. The van der Waals surface area contributed by atoms with E-state index in [9.17, 15) is 4.79 Å². The molecule has 8 unspecified atom stereocenters. The molecule has 0 aromatic rings. The molecule has 2 nitrogen and oxygen atoms in total. The number of fused-ring (bicyclic) bond motifs is 1. The minimum absolute atomic E-state index is 0.212. The summed E-state index contributed by atoms with van der Waals surface area (Å²) >= 11 is 0. The molecule has 2 saturated carbocycles. The zero-order valence-corrected chi connectivity index (χ0v) is 17.0. The number of aliphatic hydroxyl groups is 1. The lowest BCUT2D eigenvalue weighted by Crippen LogP contribution is -2.14. The van der Waals surface area contributed by atoms with E-state index in [0.29, 0.717) is 53.8 Å². The van der Waals surface area contributed by atoms with Crippen LogP contribution in [0.4, 0.5) is 0 Å². The number of aliphatic hydroxyl groups excluding tert-OH is 1. The molecule has 0 amide bonds. The Kier molecular flexibility index (Phi) is 7.67. The molecular weight excluding hydrogens is 344 g/mol. The highest BCUT2D eigenvalue weighted by Crippen LogP contribution is 2.50. The molecule has 3 rings (SSSR count). The molecule has 8 atom stereocenters. The third-order valence-corrected chi connectivity index (χ3v) is 7.41. The maximum Gasteiger partial charge on any atom is 0.120 e. The van der Waals surface area contributed by atoms with Crippen LogP contribution in [-0.2, 0) is 4.79 Å². The number of hydrogen-bond donors (Lipinski definition) is 1. The summed E-state index contributed by atoms with van der Waals surface area (Å²) < 4.78 is 0. The number of carbonyl (C=O) groups excluding carboxylic acids is 1. The van der Waals surface area contributed by atoms with Gasteiger partial charge in [-0.15, -0.1) is 13.2 Å². The fraction of sp³-hybridized carbons (Fsp3) is 0.577. The predicted octanol–water partition coefficient (Wildman–Crippen LogP) is 5.53. The average Bonchev–Trinajstić information content (AvgIpc) is 3.37. The zero-order chi connectivity index (χ0) is 19.9. The largest absolute Gasteiger partial charge is 0.396 e. The fourth-order valence-corrected chi connectivity index (χ4v) is 6.12. The lowest BCUT2D eigenvalue weighted by molar-refractivity contribution is -0.108. The summed E-state index contributed by atoms with van der Waals surface area (Å²) in [5, 5.41) is 9.08. The second-order valence-corrected chi connectivity index (χ2v) is 8.86. The van der Waals surface area contributed by atoms with Crippen molar-refractivity contribution < 1.29 is 9.90 Å². The number of hydrogen-bond acceptors (Lipinski definition) is 2. The second kappa shape index (κ2) is 10.2. The molecular formula is C26H36O2. The third kappa shape index (κ3) is 4.49. The quantitative estimate of drug-likeness (QED) is 0.400. The highest BCUT2D eigenvalue weighted by Gasteiger charge is 2.42. The first-order valence-corrected chi connectivity index (χ1v) is 11.0. The molecule has 0 heterocycles. The van der Waals surface area contributed by atoms with Crippen LogP contribution in [0.15, 0.2) is 61.8 Å². The SMILES string of the molecule is C=CCC1C(/C=C/CCO)CC(/C=C\C2CC(CC=O)C3C=CCC23)C1C=C. The van der Waals surface area contributed by atoms with Crippen molar-refractivity contribution in [2.45, 2.75) is 38.5 Å². The van der Waals surface area contributed by atoms with Crippen LogP contribution in [0.2, 0.25) is 0 Å². The van der Waals surface area contributed by atoms with E-state index in [1.807, 2.05) is 6.08 Å². The molecule has 2 fully saturated rings. The fourth-order valence-electron chi connectivity index (χ4n) is 6.12. The van der Waals surface area contributed by atoms with Crippen molar-refractivity contribution >= 4 is 6.29 Å². The van der Waals surface area contributed by atoms with Crippen LogP contribution >= 0.6 is 0 Å². The van der Waals surface area contributed by atoms with Gasteiger partial charge in [-0.2, -0.15) is 0 Å². The van der Waals surface area contributed by atoms with Gasteiger partial charge in [0.1, 0.15) is 6.29 Å². The van der Waals surface area contributed by atoms with Crippen LogP contribution in [0.25, 0.3) is 0 Å². The van der Waals surface area contributed by atoms with Crippen molar-refractivity contribution in [2.75, 3.05) is 6.61 Å². The van der Waals surface area contributed by atoms with E-state index in [4.69, 9.17) is 5.11 Å². The van der Waals surface area contributed by atoms with E-state index < -0.39 is 0 Å². The Balaban J connectivity index is 1.70. The number of rotatable bonds is 10. The van der Waals surface area contributed by atoms with Crippen LogP contribution in [0.1, 0.15) is 38.5 Å². The summed E-state index contributed by atoms with van der Waals surface area (Å²) in [5.41, 5.74) is 0. The van der Waals surface area contributed by atoms with Crippen molar-refractivity contribution in [3.8, 4) is 0 Å². The lowest BCUT2D eigenvalue weighted by Gasteiger charge is -2.21. The van der Waals surface area contributed by atoms with Crippen LogP contribution in [0.3, 0.4) is 0 Å². The maximum absolute atomic E-state index is 11.1. The Morgan fingerprint density at radius 2 is 1.86 bits per heavy atom. The van der Waals surface area contributed by atoms with Gasteiger partial charge in [-0.05, 0) is 79.4 Å². The highest BCUT2D eigenvalue weighted by atomic mass is 16.2. The Morgan fingerprint density at radius 1 is 1.04 bits per heavy atom. The molecule has 0 aromatic heterocycles. The smallest absolute Gasteiger partial charge is 0.120 e. The molecule has 3 aliphatic rings. The zero-order valence-electron chi connectivity index (χ0n) is 17.0. The summed E-state index contributed by atoms with van der Waals surface area (Å²) in [4.78, 5) is 11.1. The standard InChI is InChI=1S/C26H36O2/c1-3-8-24-19(9-5-6-15-27)17-20(23(24)4-2)12-13-21-18-22(14-16-28)26-11-7-10-25(21)26/h3-5,7,9,11-13,16,19-27H,1-2,6,8,10,14-15,17-18H2/b9-5+,13-12-.